The summed E-state index contributed by atoms with van der Waals surface area (Å²) in [4.78, 5) is 25.8. The van der Waals surface area contributed by atoms with Gasteiger partial charge in [-0.1, -0.05) is 36.4 Å². The molecule has 0 unspecified atom stereocenters. The highest BCUT2D eigenvalue weighted by Gasteiger charge is 2.14. The normalized spacial score (nSPS) is 11.7. The van der Waals surface area contributed by atoms with Crippen molar-refractivity contribution in [3.63, 3.8) is 0 Å². The first-order valence-corrected chi connectivity index (χ1v) is 8.14. The van der Waals surface area contributed by atoms with Crippen LogP contribution in [0.1, 0.15) is 23.6 Å². The van der Waals surface area contributed by atoms with Gasteiger partial charge in [0.15, 0.2) is 0 Å². The summed E-state index contributed by atoms with van der Waals surface area (Å²) in [6.07, 6.45) is 4.08. The van der Waals surface area contributed by atoms with Crippen LogP contribution >= 0.6 is 0 Å². The van der Waals surface area contributed by atoms with E-state index in [2.05, 4.69) is 66.4 Å². The summed E-state index contributed by atoms with van der Waals surface area (Å²) in [6, 6.07) is 16.8. The fraction of sp³-hybridized carbons (Fsp3) is 0.250. The molecule has 0 aliphatic carbocycles. The average Bonchev–Trinajstić information content (AvgIpc) is 2.62. The number of aliphatic carboxylic acids is 2. The molecule has 2 aromatic rings. The third-order valence-corrected chi connectivity index (χ3v) is 3.48. The lowest BCUT2D eigenvalue weighted by molar-refractivity contribution is -0.134. The molecule has 0 saturated carbocycles. The van der Waals surface area contributed by atoms with Gasteiger partial charge in [-0.25, -0.2) is 9.59 Å². The minimum atomic E-state index is -1.26. The van der Waals surface area contributed by atoms with Crippen molar-refractivity contribution in [1.29, 1.82) is 0 Å². The molecule has 0 fully saturated rings. The standard InChI is InChI=1S/C16H20N2.C4H4O4/c1-18(2)13-11-15(14-8-4-3-5-9-14)16-10-6-7-12-17-16;5-3(6)1-2-4(7)8/h3-10,12,15H,11,13H2,1-2H3;1-2H,(H,5,6)(H,7,8)/b;2-1-/t15-;/m0./s1. The SMILES string of the molecule is CN(C)CC[C@@H](c1ccccc1)c1ccccn1.O=C(O)/C=C\C(=O)O. The summed E-state index contributed by atoms with van der Waals surface area (Å²) < 4.78 is 0. The first kappa shape index (κ1) is 21.1. The lowest BCUT2D eigenvalue weighted by Gasteiger charge is -2.19. The number of carboxylic acid groups (broad SMARTS) is 2. The largest absolute Gasteiger partial charge is 0.478 e. The minimum absolute atomic E-state index is 0.384. The van der Waals surface area contributed by atoms with Crippen LogP contribution < -0.4 is 0 Å². The summed E-state index contributed by atoms with van der Waals surface area (Å²) in [5.41, 5.74) is 2.50. The predicted octanol–water partition coefficient (Wildman–Crippen LogP) is 2.88. The number of pyridine rings is 1. The summed E-state index contributed by atoms with van der Waals surface area (Å²) in [5.74, 6) is -2.13. The van der Waals surface area contributed by atoms with E-state index in [0.717, 1.165) is 18.7 Å². The quantitative estimate of drug-likeness (QED) is 0.741. The van der Waals surface area contributed by atoms with Gasteiger partial charge in [-0.05, 0) is 44.8 Å². The highest BCUT2D eigenvalue weighted by atomic mass is 16.4. The molecule has 6 nitrogen and oxygen atoms in total. The van der Waals surface area contributed by atoms with Gasteiger partial charge in [0.05, 0.1) is 0 Å². The second-order valence-electron chi connectivity index (χ2n) is 5.82. The molecule has 0 spiro atoms. The Labute approximate surface area is 153 Å². The molecule has 0 saturated heterocycles. The van der Waals surface area contributed by atoms with Gasteiger partial charge in [0, 0.05) is 30.0 Å². The number of benzene rings is 1. The number of aromatic nitrogens is 1. The predicted molar refractivity (Wildman–Crippen MR) is 100 cm³/mol. The highest BCUT2D eigenvalue weighted by Crippen LogP contribution is 2.26. The van der Waals surface area contributed by atoms with Crippen LogP contribution in [-0.2, 0) is 9.59 Å². The molecule has 6 heteroatoms. The van der Waals surface area contributed by atoms with Crippen molar-refractivity contribution in [3.05, 3.63) is 78.1 Å². The number of nitrogens with zero attached hydrogens (tertiary/aromatic N) is 2. The number of carboxylic acids is 2. The molecule has 138 valence electrons. The molecular formula is C20H24N2O4. The summed E-state index contributed by atoms with van der Waals surface area (Å²) in [6.45, 7) is 1.07. The van der Waals surface area contributed by atoms with E-state index in [1.807, 2.05) is 12.3 Å². The Morgan fingerprint density at radius 3 is 2.04 bits per heavy atom. The Kier molecular flexibility index (Phi) is 9.35. The van der Waals surface area contributed by atoms with Crippen molar-refractivity contribution < 1.29 is 19.8 Å². The first-order valence-electron chi connectivity index (χ1n) is 8.14. The first-order chi connectivity index (χ1) is 12.4. The van der Waals surface area contributed by atoms with Gasteiger partial charge in [0.1, 0.15) is 0 Å². The van der Waals surface area contributed by atoms with Crippen molar-refractivity contribution in [3.8, 4) is 0 Å². The van der Waals surface area contributed by atoms with Gasteiger partial charge in [-0.15, -0.1) is 0 Å². The van der Waals surface area contributed by atoms with E-state index in [9.17, 15) is 9.59 Å². The molecule has 1 aromatic heterocycles. The fourth-order valence-electron chi connectivity index (χ4n) is 2.28. The smallest absolute Gasteiger partial charge is 0.328 e. The van der Waals surface area contributed by atoms with Crippen LogP contribution in [0.15, 0.2) is 66.9 Å². The van der Waals surface area contributed by atoms with Gasteiger partial charge >= 0.3 is 11.9 Å². The maximum atomic E-state index is 9.55. The Bertz CT molecular complexity index is 645. The summed E-state index contributed by atoms with van der Waals surface area (Å²) in [5, 5.41) is 15.6. The van der Waals surface area contributed by atoms with Gasteiger partial charge in [-0.2, -0.15) is 0 Å². The molecule has 0 amide bonds. The minimum Gasteiger partial charge on any atom is -0.478 e. The van der Waals surface area contributed by atoms with Crippen LogP contribution in [0.3, 0.4) is 0 Å². The summed E-state index contributed by atoms with van der Waals surface area (Å²) >= 11 is 0. The van der Waals surface area contributed by atoms with Gasteiger partial charge in [-0.3, -0.25) is 4.98 Å². The van der Waals surface area contributed by atoms with Crippen molar-refractivity contribution >= 4 is 11.9 Å². The maximum Gasteiger partial charge on any atom is 0.328 e. The maximum absolute atomic E-state index is 9.55. The van der Waals surface area contributed by atoms with E-state index in [1.54, 1.807) is 0 Å². The van der Waals surface area contributed by atoms with Crippen molar-refractivity contribution in [2.45, 2.75) is 12.3 Å². The Morgan fingerprint density at radius 1 is 1.00 bits per heavy atom. The third-order valence-electron chi connectivity index (χ3n) is 3.48. The lowest BCUT2D eigenvalue weighted by Crippen LogP contribution is -2.17. The lowest BCUT2D eigenvalue weighted by atomic mass is 9.92. The van der Waals surface area contributed by atoms with Crippen LogP contribution in [0.25, 0.3) is 0 Å². The van der Waals surface area contributed by atoms with E-state index in [4.69, 9.17) is 10.2 Å². The molecule has 2 N–H and O–H groups in total. The van der Waals surface area contributed by atoms with Crippen LogP contribution in [0.2, 0.25) is 0 Å². The third kappa shape index (κ3) is 8.75. The van der Waals surface area contributed by atoms with Crippen molar-refractivity contribution in [2.24, 2.45) is 0 Å². The van der Waals surface area contributed by atoms with E-state index in [-0.39, 0.29) is 0 Å². The summed E-state index contributed by atoms with van der Waals surface area (Å²) in [7, 11) is 4.22. The van der Waals surface area contributed by atoms with Gasteiger partial charge < -0.3 is 15.1 Å². The molecule has 1 heterocycles. The van der Waals surface area contributed by atoms with Crippen LogP contribution in [0.5, 0.6) is 0 Å². The fourth-order valence-corrected chi connectivity index (χ4v) is 2.28. The molecule has 0 aliphatic heterocycles. The zero-order valence-electron chi connectivity index (χ0n) is 14.9. The van der Waals surface area contributed by atoms with Gasteiger partial charge in [0.2, 0.25) is 0 Å². The zero-order valence-corrected chi connectivity index (χ0v) is 14.9. The number of rotatable bonds is 7. The average molecular weight is 356 g/mol. The molecule has 1 aromatic carbocycles. The van der Waals surface area contributed by atoms with Crippen LogP contribution in [0, 0.1) is 0 Å². The van der Waals surface area contributed by atoms with Crippen LogP contribution in [0.4, 0.5) is 0 Å². The van der Waals surface area contributed by atoms with Crippen molar-refractivity contribution in [2.75, 3.05) is 20.6 Å². The zero-order chi connectivity index (χ0) is 19.4. The molecule has 0 radical (unpaired) electrons. The number of hydrogen-bond donors (Lipinski definition) is 2. The van der Waals surface area contributed by atoms with Crippen LogP contribution in [-0.4, -0.2) is 52.7 Å². The van der Waals surface area contributed by atoms with Gasteiger partial charge in [0.25, 0.3) is 0 Å². The second kappa shape index (κ2) is 11.5. The monoisotopic (exact) mass is 356 g/mol. The second-order valence-corrected chi connectivity index (χ2v) is 5.82. The molecule has 0 aliphatic rings. The highest BCUT2D eigenvalue weighted by molar-refractivity contribution is 5.89. The number of carbonyl (C=O) groups is 2. The topological polar surface area (TPSA) is 90.7 Å². The van der Waals surface area contributed by atoms with E-state index in [0.29, 0.717) is 18.1 Å². The molecule has 1 atom stereocenters. The number of hydrogen-bond acceptors (Lipinski definition) is 4. The van der Waals surface area contributed by atoms with E-state index < -0.39 is 11.9 Å². The van der Waals surface area contributed by atoms with E-state index >= 15 is 0 Å². The Balaban J connectivity index is 0.000000359. The Morgan fingerprint density at radius 2 is 1.58 bits per heavy atom. The Hall–Kier alpha value is -2.99. The molecular weight excluding hydrogens is 332 g/mol. The molecule has 2 rings (SSSR count). The molecule has 0 bridgehead atoms. The van der Waals surface area contributed by atoms with E-state index in [1.165, 1.54) is 5.56 Å². The molecule has 26 heavy (non-hydrogen) atoms. The van der Waals surface area contributed by atoms with Crippen molar-refractivity contribution in [1.82, 2.24) is 9.88 Å².